The van der Waals surface area contributed by atoms with E-state index in [0.717, 1.165) is 5.56 Å². The van der Waals surface area contributed by atoms with E-state index >= 15 is 0 Å². The number of H-pyrrole nitrogens is 1. The zero-order chi connectivity index (χ0) is 13.7. The average Bonchev–Trinajstić information content (AvgIpc) is 2.39. The molecule has 3 N–H and O–H groups in total. The van der Waals surface area contributed by atoms with E-state index in [4.69, 9.17) is 11.6 Å². The monoisotopic (exact) mass is 278 g/mol. The van der Waals surface area contributed by atoms with Crippen molar-refractivity contribution in [2.75, 3.05) is 5.32 Å². The van der Waals surface area contributed by atoms with Gasteiger partial charge in [-0.3, -0.25) is 10.1 Å². The number of carbonyl (C=O) groups is 1. The lowest BCUT2D eigenvalue weighted by Crippen LogP contribution is -2.29. The lowest BCUT2D eigenvalue weighted by Gasteiger charge is -2.06. The lowest BCUT2D eigenvalue weighted by atomic mass is 10.2. The van der Waals surface area contributed by atoms with Crippen LogP contribution in [-0.2, 0) is 6.54 Å². The van der Waals surface area contributed by atoms with Gasteiger partial charge in [-0.05, 0) is 23.8 Å². The van der Waals surface area contributed by atoms with Crippen molar-refractivity contribution in [3.63, 3.8) is 0 Å². The maximum Gasteiger partial charge on any atom is 0.320 e. The Morgan fingerprint density at radius 2 is 2.16 bits per heavy atom. The van der Waals surface area contributed by atoms with Crippen LogP contribution in [0.1, 0.15) is 5.56 Å². The number of urea groups is 1. The molecule has 0 aliphatic heterocycles. The molecule has 0 unspecified atom stereocenters. The predicted octanol–water partition coefficient (Wildman–Crippen LogP) is 1.74. The smallest absolute Gasteiger partial charge is 0.320 e. The van der Waals surface area contributed by atoms with E-state index in [0.29, 0.717) is 11.6 Å². The average molecular weight is 279 g/mol. The van der Waals surface area contributed by atoms with Gasteiger partial charge >= 0.3 is 6.03 Å². The highest BCUT2D eigenvalue weighted by Gasteiger charge is 2.02. The van der Waals surface area contributed by atoms with Gasteiger partial charge in [0.1, 0.15) is 0 Å². The topological polar surface area (TPSA) is 86.9 Å². The number of hydrogen-bond donors (Lipinski definition) is 3. The van der Waals surface area contributed by atoms with E-state index in [9.17, 15) is 9.59 Å². The fourth-order valence-corrected chi connectivity index (χ4v) is 1.62. The molecule has 2 amide bonds. The van der Waals surface area contributed by atoms with Crippen molar-refractivity contribution < 1.29 is 4.79 Å². The van der Waals surface area contributed by atoms with Crippen molar-refractivity contribution in [1.29, 1.82) is 0 Å². The van der Waals surface area contributed by atoms with E-state index in [1.54, 1.807) is 18.2 Å². The van der Waals surface area contributed by atoms with Gasteiger partial charge < -0.3 is 5.32 Å². The van der Waals surface area contributed by atoms with Crippen molar-refractivity contribution in [1.82, 2.24) is 15.5 Å². The molecule has 98 valence electrons. The summed E-state index contributed by atoms with van der Waals surface area (Å²) >= 11 is 5.83. The summed E-state index contributed by atoms with van der Waals surface area (Å²) in [6.45, 7) is 0.343. The quantitative estimate of drug-likeness (QED) is 0.799. The van der Waals surface area contributed by atoms with Crippen molar-refractivity contribution in [2.45, 2.75) is 6.54 Å². The molecule has 0 aliphatic carbocycles. The fraction of sp³-hybridized carbons (Fsp3) is 0.0833. The highest BCUT2D eigenvalue weighted by molar-refractivity contribution is 6.30. The minimum Gasteiger partial charge on any atom is -0.334 e. The molecule has 6 nitrogen and oxygen atoms in total. The normalized spacial score (nSPS) is 9.95. The number of rotatable bonds is 3. The van der Waals surface area contributed by atoms with E-state index in [1.807, 2.05) is 6.07 Å². The Labute approximate surface area is 113 Å². The van der Waals surface area contributed by atoms with Gasteiger partial charge in [0.2, 0.25) is 0 Å². The molecule has 19 heavy (non-hydrogen) atoms. The molecule has 2 aromatic rings. The molecule has 1 aromatic carbocycles. The summed E-state index contributed by atoms with van der Waals surface area (Å²) in [7, 11) is 0. The summed E-state index contributed by atoms with van der Waals surface area (Å²) in [5.41, 5.74) is 0.557. The second-order valence-electron chi connectivity index (χ2n) is 3.74. The number of nitrogens with one attached hydrogen (secondary N) is 3. The Morgan fingerprint density at radius 1 is 1.32 bits per heavy atom. The second kappa shape index (κ2) is 6.01. The van der Waals surface area contributed by atoms with Crippen LogP contribution in [0.5, 0.6) is 0 Å². The zero-order valence-corrected chi connectivity index (χ0v) is 10.6. The molecule has 1 heterocycles. The molecule has 0 radical (unpaired) electrons. The highest BCUT2D eigenvalue weighted by atomic mass is 35.5. The van der Waals surface area contributed by atoms with Gasteiger partial charge in [-0.15, -0.1) is 0 Å². The van der Waals surface area contributed by atoms with Crippen LogP contribution in [0, 0.1) is 0 Å². The van der Waals surface area contributed by atoms with Gasteiger partial charge in [-0.2, -0.15) is 5.10 Å². The number of anilines is 1. The van der Waals surface area contributed by atoms with Gasteiger partial charge in [-0.25, -0.2) is 9.89 Å². The number of benzene rings is 1. The molecule has 0 saturated heterocycles. The Morgan fingerprint density at radius 3 is 2.84 bits per heavy atom. The first-order valence-electron chi connectivity index (χ1n) is 5.48. The van der Waals surface area contributed by atoms with E-state index in [1.165, 1.54) is 12.1 Å². The van der Waals surface area contributed by atoms with Crippen LogP contribution in [0.3, 0.4) is 0 Å². The molecular weight excluding hydrogens is 268 g/mol. The minimum atomic E-state index is -0.417. The summed E-state index contributed by atoms with van der Waals surface area (Å²) in [5, 5.41) is 11.6. The maximum atomic E-state index is 11.6. The number of carbonyl (C=O) groups excluding carboxylic acids is 1. The Bertz CT molecular complexity index is 621. The summed E-state index contributed by atoms with van der Waals surface area (Å²) in [5.74, 6) is 0.267. The van der Waals surface area contributed by atoms with Gasteiger partial charge in [-0.1, -0.05) is 23.7 Å². The number of halogens is 1. The third-order valence-electron chi connectivity index (χ3n) is 2.26. The first-order valence-corrected chi connectivity index (χ1v) is 5.86. The predicted molar refractivity (Wildman–Crippen MR) is 72.2 cm³/mol. The number of aromatic nitrogens is 2. The summed E-state index contributed by atoms with van der Waals surface area (Å²) in [6, 6.07) is 9.46. The van der Waals surface area contributed by atoms with Crippen LogP contribution < -0.4 is 16.2 Å². The molecule has 7 heteroatoms. The van der Waals surface area contributed by atoms with E-state index in [-0.39, 0.29) is 11.4 Å². The summed E-state index contributed by atoms with van der Waals surface area (Å²) in [4.78, 5) is 22.4. The molecule has 2 rings (SSSR count). The van der Waals surface area contributed by atoms with Crippen molar-refractivity contribution in [3.05, 3.63) is 57.3 Å². The van der Waals surface area contributed by atoms with Crippen molar-refractivity contribution in [2.24, 2.45) is 0 Å². The van der Waals surface area contributed by atoms with Crippen LogP contribution >= 0.6 is 11.6 Å². The van der Waals surface area contributed by atoms with Crippen LogP contribution in [0.4, 0.5) is 10.6 Å². The fourth-order valence-electron chi connectivity index (χ4n) is 1.40. The number of aromatic amines is 1. The van der Waals surface area contributed by atoms with Crippen LogP contribution in [0.25, 0.3) is 0 Å². The standard InChI is InChI=1S/C12H11ClN4O2/c13-9-3-1-2-8(6-9)7-14-12(19)15-10-4-5-11(18)17-16-10/h1-6H,7H2,(H,17,18)(H2,14,15,16,19). The summed E-state index contributed by atoms with van der Waals surface area (Å²) in [6.07, 6.45) is 0. The first kappa shape index (κ1) is 13.1. The third kappa shape index (κ3) is 4.11. The first-order chi connectivity index (χ1) is 9.13. The minimum absolute atomic E-state index is 0.267. The lowest BCUT2D eigenvalue weighted by molar-refractivity contribution is 0.251. The van der Waals surface area contributed by atoms with E-state index in [2.05, 4.69) is 20.8 Å². The van der Waals surface area contributed by atoms with Crippen LogP contribution in [0.2, 0.25) is 5.02 Å². The molecule has 1 aromatic heterocycles. The molecule has 0 atom stereocenters. The molecule has 0 bridgehead atoms. The van der Waals surface area contributed by atoms with Gasteiger partial charge in [0.25, 0.3) is 5.56 Å². The Hall–Kier alpha value is -2.34. The maximum absolute atomic E-state index is 11.6. The third-order valence-corrected chi connectivity index (χ3v) is 2.50. The van der Waals surface area contributed by atoms with Crippen molar-refractivity contribution in [3.8, 4) is 0 Å². The van der Waals surface area contributed by atoms with Crippen LogP contribution in [-0.4, -0.2) is 16.2 Å². The second-order valence-corrected chi connectivity index (χ2v) is 4.18. The summed E-state index contributed by atoms with van der Waals surface area (Å²) < 4.78 is 0. The van der Waals surface area contributed by atoms with E-state index < -0.39 is 6.03 Å². The zero-order valence-electron chi connectivity index (χ0n) is 9.81. The molecule has 0 aliphatic rings. The molecule has 0 spiro atoms. The van der Waals surface area contributed by atoms with Gasteiger partial charge in [0.05, 0.1) is 0 Å². The number of hydrogen-bond acceptors (Lipinski definition) is 3. The number of amides is 2. The Kier molecular flexibility index (Phi) is 4.15. The molecule has 0 saturated carbocycles. The molecule has 0 fully saturated rings. The van der Waals surface area contributed by atoms with Crippen LogP contribution in [0.15, 0.2) is 41.2 Å². The SMILES string of the molecule is O=C(NCc1cccc(Cl)c1)Nc1ccc(=O)[nH]n1. The molecular formula is C12H11ClN4O2. The van der Waals surface area contributed by atoms with Gasteiger partial charge in [0, 0.05) is 17.6 Å². The largest absolute Gasteiger partial charge is 0.334 e. The van der Waals surface area contributed by atoms with Gasteiger partial charge in [0.15, 0.2) is 5.82 Å². The van der Waals surface area contributed by atoms with Crippen molar-refractivity contribution >= 4 is 23.4 Å². The Balaban J connectivity index is 1.88. The highest BCUT2D eigenvalue weighted by Crippen LogP contribution is 2.10. The number of nitrogens with zero attached hydrogens (tertiary/aromatic N) is 1.